The van der Waals surface area contributed by atoms with Crippen LogP contribution in [-0.2, 0) is 9.53 Å². The number of nitrogens with two attached hydrogens (primary N) is 1. The molecule has 2 atom stereocenters. The molecule has 2 unspecified atom stereocenters. The van der Waals surface area contributed by atoms with Gasteiger partial charge >= 0.3 is 0 Å². The molecule has 0 aromatic heterocycles. The number of likely N-dealkylation sites (N-methyl/N-ethyl adjacent to an activating group) is 1. The minimum absolute atomic E-state index is 0.192. The van der Waals surface area contributed by atoms with Gasteiger partial charge in [0, 0.05) is 32.2 Å². The van der Waals surface area contributed by atoms with Gasteiger partial charge in [-0.1, -0.05) is 6.92 Å². The highest BCUT2D eigenvalue weighted by Crippen LogP contribution is 2.17. The molecule has 3 N–H and O–H groups in total. The Kier molecular flexibility index (Phi) is 6.22. The number of nitrogens with zero attached hydrogens (tertiary/aromatic N) is 2. The Morgan fingerprint density at radius 2 is 2.15 bits per heavy atom. The second kappa shape index (κ2) is 7.93. The molecule has 0 bridgehead atoms. The van der Waals surface area contributed by atoms with Crippen molar-refractivity contribution in [3.8, 4) is 0 Å². The number of primary amides is 1. The molecule has 2 rings (SSSR count). The van der Waals surface area contributed by atoms with Crippen molar-refractivity contribution >= 4 is 5.91 Å². The SMILES string of the molecule is CCNC(CCN1CCC(N2CCOCC2)C1)C(N)=O. The summed E-state index contributed by atoms with van der Waals surface area (Å²) in [7, 11) is 0. The van der Waals surface area contributed by atoms with Gasteiger partial charge in [-0.25, -0.2) is 0 Å². The molecular weight excluding hydrogens is 256 g/mol. The zero-order valence-electron chi connectivity index (χ0n) is 12.5. The molecule has 6 heteroatoms. The lowest BCUT2D eigenvalue weighted by atomic mass is 10.2. The minimum atomic E-state index is -0.240. The molecule has 0 aliphatic carbocycles. The number of morpholine rings is 1. The Morgan fingerprint density at radius 3 is 2.80 bits per heavy atom. The predicted octanol–water partition coefficient (Wildman–Crippen LogP) is -0.754. The summed E-state index contributed by atoms with van der Waals surface area (Å²) in [5.41, 5.74) is 5.41. The monoisotopic (exact) mass is 284 g/mol. The van der Waals surface area contributed by atoms with Crippen molar-refractivity contribution in [2.24, 2.45) is 5.73 Å². The first-order chi connectivity index (χ1) is 9.70. The van der Waals surface area contributed by atoms with Crippen LogP contribution < -0.4 is 11.1 Å². The van der Waals surface area contributed by atoms with E-state index in [2.05, 4.69) is 15.1 Å². The van der Waals surface area contributed by atoms with Gasteiger partial charge in [0.25, 0.3) is 0 Å². The average Bonchev–Trinajstić information content (AvgIpc) is 2.93. The fourth-order valence-electron chi connectivity index (χ4n) is 3.16. The summed E-state index contributed by atoms with van der Waals surface area (Å²) < 4.78 is 5.40. The maximum Gasteiger partial charge on any atom is 0.234 e. The molecule has 0 saturated carbocycles. The van der Waals surface area contributed by atoms with Crippen LogP contribution in [0.5, 0.6) is 0 Å². The van der Waals surface area contributed by atoms with E-state index < -0.39 is 0 Å². The van der Waals surface area contributed by atoms with E-state index in [1.54, 1.807) is 0 Å². The molecule has 0 aromatic carbocycles. The van der Waals surface area contributed by atoms with Gasteiger partial charge in [0.2, 0.25) is 5.91 Å². The van der Waals surface area contributed by atoms with E-state index in [0.717, 1.165) is 58.9 Å². The molecule has 2 aliphatic heterocycles. The van der Waals surface area contributed by atoms with Gasteiger partial charge in [-0.3, -0.25) is 9.69 Å². The summed E-state index contributed by atoms with van der Waals surface area (Å²) in [5.74, 6) is -0.240. The molecule has 6 nitrogen and oxygen atoms in total. The highest BCUT2D eigenvalue weighted by Gasteiger charge is 2.29. The third-order valence-electron chi connectivity index (χ3n) is 4.34. The number of carbonyl (C=O) groups excluding carboxylic acids is 1. The molecule has 2 aliphatic rings. The summed E-state index contributed by atoms with van der Waals surface area (Å²) in [6, 6.07) is 0.465. The largest absolute Gasteiger partial charge is 0.379 e. The van der Waals surface area contributed by atoms with Crippen LogP contribution in [0.4, 0.5) is 0 Å². The number of hydrogen-bond acceptors (Lipinski definition) is 5. The Morgan fingerprint density at radius 1 is 1.40 bits per heavy atom. The van der Waals surface area contributed by atoms with Crippen LogP contribution in [0, 0.1) is 0 Å². The molecule has 0 spiro atoms. The lowest BCUT2D eigenvalue weighted by molar-refractivity contribution is -0.120. The average molecular weight is 284 g/mol. The normalized spacial score (nSPS) is 26.8. The fourth-order valence-corrected chi connectivity index (χ4v) is 3.16. The molecule has 1 amide bonds. The van der Waals surface area contributed by atoms with Gasteiger partial charge in [-0.2, -0.15) is 0 Å². The maximum atomic E-state index is 11.3. The smallest absolute Gasteiger partial charge is 0.234 e. The third kappa shape index (κ3) is 4.41. The van der Waals surface area contributed by atoms with Crippen LogP contribution in [0.2, 0.25) is 0 Å². The molecule has 0 radical (unpaired) electrons. The summed E-state index contributed by atoms with van der Waals surface area (Å²) in [4.78, 5) is 16.3. The predicted molar refractivity (Wildman–Crippen MR) is 78.5 cm³/mol. The first kappa shape index (κ1) is 15.7. The molecule has 20 heavy (non-hydrogen) atoms. The third-order valence-corrected chi connectivity index (χ3v) is 4.34. The number of nitrogens with one attached hydrogen (secondary N) is 1. The lowest BCUT2D eigenvalue weighted by Crippen LogP contribution is -2.45. The van der Waals surface area contributed by atoms with Gasteiger partial charge in [0.15, 0.2) is 0 Å². The van der Waals surface area contributed by atoms with E-state index in [1.807, 2.05) is 6.92 Å². The molecule has 0 aromatic rings. The van der Waals surface area contributed by atoms with E-state index in [0.29, 0.717) is 6.04 Å². The first-order valence-corrected chi connectivity index (χ1v) is 7.77. The fraction of sp³-hybridized carbons (Fsp3) is 0.929. The summed E-state index contributed by atoms with van der Waals surface area (Å²) >= 11 is 0. The van der Waals surface area contributed by atoms with Crippen LogP contribution in [0.3, 0.4) is 0 Å². The highest BCUT2D eigenvalue weighted by molar-refractivity contribution is 5.79. The van der Waals surface area contributed by atoms with Crippen molar-refractivity contribution in [2.75, 3.05) is 52.5 Å². The quantitative estimate of drug-likeness (QED) is 0.643. The lowest BCUT2D eigenvalue weighted by Gasteiger charge is -2.32. The van der Waals surface area contributed by atoms with Gasteiger partial charge in [-0.15, -0.1) is 0 Å². The van der Waals surface area contributed by atoms with Crippen molar-refractivity contribution in [3.63, 3.8) is 0 Å². The van der Waals surface area contributed by atoms with Crippen molar-refractivity contribution in [1.29, 1.82) is 0 Å². The van der Waals surface area contributed by atoms with Gasteiger partial charge in [-0.05, 0) is 25.9 Å². The van der Waals surface area contributed by atoms with Crippen molar-refractivity contribution in [1.82, 2.24) is 15.1 Å². The molecule has 2 saturated heterocycles. The number of ether oxygens (including phenoxy) is 1. The summed E-state index contributed by atoms with van der Waals surface area (Å²) in [5, 5.41) is 3.15. The Hall–Kier alpha value is -0.690. The number of amides is 1. The van der Waals surface area contributed by atoms with Crippen LogP contribution in [0.1, 0.15) is 19.8 Å². The van der Waals surface area contributed by atoms with E-state index in [1.165, 1.54) is 6.42 Å². The Labute approximate surface area is 121 Å². The van der Waals surface area contributed by atoms with Crippen LogP contribution in [0.15, 0.2) is 0 Å². The van der Waals surface area contributed by atoms with Crippen molar-refractivity contribution < 1.29 is 9.53 Å². The molecular formula is C14H28N4O2. The van der Waals surface area contributed by atoms with E-state index in [4.69, 9.17) is 10.5 Å². The van der Waals surface area contributed by atoms with Crippen molar-refractivity contribution in [2.45, 2.75) is 31.8 Å². The number of likely N-dealkylation sites (tertiary alicyclic amines) is 1. The van der Waals surface area contributed by atoms with Gasteiger partial charge < -0.3 is 20.7 Å². The second-order valence-electron chi connectivity index (χ2n) is 5.69. The van der Waals surface area contributed by atoms with Crippen LogP contribution in [0.25, 0.3) is 0 Å². The number of rotatable bonds is 7. The topological polar surface area (TPSA) is 70.8 Å². The van der Waals surface area contributed by atoms with Crippen LogP contribution in [-0.4, -0.2) is 80.3 Å². The van der Waals surface area contributed by atoms with E-state index >= 15 is 0 Å². The number of carbonyl (C=O) groups is 1. The molecule has 2 fully saturated rings. The Balaban J connectivity index is 1.71. The highest BCUT2D eigenvalue weighted by atomic mass is 16.5. The van der Waals surface area contributed by atoms with Crippen molar-refractivity contribution in [3.05, 3.63) is 0 Å². The van der Waals surface area contributed by atoms with E-state index in [9.17, 15) is 4.79 Å². The number of hydrogen-bond donors (Lipinski definition) is 2. The standard InChI is InChI=1S/C14H28N4O2/c1-2-16-13(14(15)19)4-6-17-5-3-12(11-17)18-7-9-20-10-8-18/h12-13,16H,2-11H2,1H3,(H2,15,19). The summed E-state index contributed by atoms with van der Waals surface area (Å²) in [6.07, 6.45) is 2.03. The molecule has 2 heterocycles. The maximum absolute atomic E-state index is 11.3. The molecule has 116 valence electrons. The zero-order valence-corrected chi connectivity index (χ0v) is 12.5. The Bertz CT molecular complexity index is 308. The van der Waals surface area contributed by atoms with Crippen LogP contribution >= 0.6 is 0 Å². The minimum Gasteiger partial charge on any atom is -0.379 e. The summed E-state index contributed by atoms with van der Waals surface area (Å²) in [6.45, 7) is 9.80. The first-order valence-electron chi connectivity index (χ1n) is 7.77. The van der Waals surface area contributed by atoms with E-state index in [-0.39, 0.29) is 11.9 Å². The zero-order chi connectivity index (χ0) is 14.4. The van der Waals surface area contributed by atoms with Gasteiger partial charge in [0.05, 0.1) is 19.3 Å². The second-order valence-corrected chi connectivity index (χ2v) is 5.69. The van der Waals surface area contributed by atoms with Gasteiger partial charge in [0.1, 0.15) is 0 Å².